The van der Waals surface area contributed by atoms with E-state index in [0.29, 0.717) is 24.5 Å². The number of aromatic nitrogens is 3. The number of hydrogen-bond donors (Lipinski definition) is 1. The highest BCUT2D eigenvalue weighted by Crippen LogP contribution is 2.24. The molecule has 0 aromatic carbocycles. The van der Waals surface area contributed by atoms with Gasteiger partial charge in [-0.1, -0.05) is 6.92 Å². The first-order valence-corrected chi connectivity index (χ1v) is 7.60. The van der Waals surface area contributed by atoms with Crippen LogP contribution in [0.5, 0.6) is 6.01 Å². The van der Waals surface area contributed by atoms with E-state index in [4.69, 9.17) is 4.74 Å². The molecule has 1 aliphatic rings. The van der Waals surface area contributed by atoms with Crippen LogP contribution in [0.3, 0.4) is 0 Å². The van der Waals surface area contributed by atoms with Crippen molar-refractivity contribution in [3.05, 3.63) is 0 Å². The molecule has 0 radical (unpaired) electrons. The molecule has 0 aliphatic heterocycles. The molecule has 1 aromatic heterocycles. The van der Waals surface area contributed by atoms with Gasteiger partial charge in [0.15, 0.2) is 0 Å². The monoisotopic (exact) mass is 294 g/mol. The molecule has 1 aromatic rings. The Morgan fingerprint density at radius 3 is 2.57 bits per heavy atom. The molecule has 0 atom stereocenters. The zero-order chi connectivity index (χ0) is 15.2. The molecular formula is C14H26N6O. The maximum absolute atomic E-state index is 5.70. The molecule has 0 saturated heterocycles. The van der Waals surface area contributed by atoms with Gasteiger partial charge in [0.1, 0.15) is 6.61 Å². The zero-order valence-corrected chi connectivity index (χ0v) is 13.5. The first kappa shape index (κ1) is 15.8. The number of hydrogen-bond acceptors (Lipinski definition) is 7. The molecule has 0 bridgehead atoms. The van der Waals surface area contributed by atoms with E-state index in [1.807, 2.05) is 19.0 Å². The van der Waals surface area contributed by atoms with Gasteiger partial charge in [-0.15, -0.1) is 0 Å². The normalized spacial score (nSPS) is 14.3. The molecular weight excluding hydrogens is 268 g/mol. The van der Waals surface area contributed by atoms with Gasteiger partial charge in [0.25, 0.3) is 0 Å². The summed E-state index contributed by atoms with van der Waals surface area (Å²) < 4.78 is 5.70. The van der Waals surface area contributed by atoms with Crippen molar-refractivity contribution in [1.29, 1.82) is 0 Å². The van der Waals surface area contributed by atoms with Crippen LogP contribution in [-0.4, -0.2) is 66.7 Å². The standard InChI is InChI=1S/C14H26N6O/c1-5-8-15-12-16-13(19(2)3)18-14(17-12)21-10-9-20(4)11-6-7-11/h11H,5-10H2,1-4H3,(H,15,16,17,18). The zero-order valence-electron chi connectivity index (χ0n) is 13.5. The summed E-state index contributed by atoms with van der Waals surface area (Å²) in [6, 6.07) is 1.13. The fourth-order valence-corrected chi connectivity index (χ4v) is 1.91. The van der Waals surface area contributed by atoms with Crippen LogP contribution in [0, 0.1) is 0 Å². The molecule has 1 fully saturated rings. The van der Waals surface area contributed by atoms with Crippen LogP contribution in [0.1, 0.15) is 26.2 Å². The summed E-state index contributed by atoms with van der Waals surface area (Å²) in [5, 5.41) is 3.18. The first-order valence-electron chi connectivity index (χ1n) is 7.60. The Morgan fingerprint density at radius 1 is 1.19 bits per heavy atom. The van der Waals surface area contributed by atoms with Gasteiger partial charge in [0.05, 0.1) is 0 Å². The number of ether oxygens (including phenoxy) is 1. The van der Waals surface area contributed by atoms with E-state index in [-0.39, 0.29) is 0 Å². The van der Waals surface area contributed by atoms with Gasteiger partial charge in [-0.3, -0.25) is 0 Å². The lowest BCUT2D eigenvalue weighted by atomic mass is 10.5. The molecule has 0 unspecified atom stereocenters. The number of nitrogens with zero attached hydrogens (tertiary/aromatic N) is 5. The number of rotatable bonds is 9. The summed E-state index contributed by atoms with van der Waals surface area (Å²) in [5.74, 6) is 1.18. The maximum atomic E-state index is 5.70. The lowest BCUT2D eigenvalue weighted by Crippen LogP contribution is -2.26. The molecule has 118 valence electrons. The Bertz CT molecular complexity index is 449. The number of likely N-dealkylation sites (N-methyl/N-ethyl adjacent to an activating group) is 1. The third kappa shape index (κ3) is 5.00. The predicted octanol–water partition coefficient (Wildman–Crippen LogP) is 1.23. The molecule has 1 aliphatic carbocycles. The molecule has 1 heterocycles. The quantitative estimate of drug-likeness (QED) is 0.735. The minimum Gasteiger partial charge on any atom is -0.462 e. The molecule has 1 saturated carbocycles. The van der Waals surface area contributed by atoms with Crippen LogP contribution < -0.4 is 15.0 Å². The van der Waals surface area contributed by atoms with Crippen molar-refractivity contribution in [3.8, 4) is 6.01 Å². The summed E-state index contributed by atoms with van der Waals surface area (Å²) in [4.78, 5) is 17.2. The first-order chi connectivity index (χ1) is 10.1. The second kappa shape index (κ2) is 7.40. The lowest BCUT2D eigenvalue weighted by molar-refractivity contribution is 0.220. The van der Waals surface area contributed by atoms with E-state index in [1.54, 1.807) is 0 Å². The van der Waals surface area contributed by atoms with Gasteiger partial charge >= 0.3 is 6.01 Å². The second-order valence-electron chi connectivity index (χ2n) is 5.62. The van der Waals surface area contributed by atoms with Gasteiger partial charge in [0.2, 0.25) is 11.9 Å². The fourth-order valence-electron chi connectivity index (χ4n) is 1.91. The van der Waals surface area contributed by atoms with Gasteiger partial charge in [-0.2, -0.15) is 15.0 Å². The molecule has 0 amide bonds. The van der Waals surface area contributed by atoms with Crippen LogP contribution in [0.15, 0.2) is 0 Å². The summed E-state index contributed by atoms with van der Waals surface area (Å²) in [7, 11) is 5.95. The average Bonchev–Trinajstić information content (AvgIpc) is 3.29. The SMILES string of the molecule is CCCNc1nc(OCCN(C)C2CC2)nc(N(C)C)n1. The Labute approximate surface area is 126 Å². The summed E-state index contributed by atoms with van der Waals surface area (Å²) in [6.07, 6.45) is 3.63. The Kier molecular flexibility index (Phi) is 5.55. The van der Waals surface area contributed by atoms with E-state index >= 15 is 0 Å². The van der Waals surface area contributed by atoms with Crippen molar-refractivity contribution in [2.75, 3.05) is 51.1 Å². The minimum absolute atomic E-state index is 0.386. The van der Waals surface area contributed by atoms with Crippen molar-refractivity contribution >= 4 is 11.9 Å². The van der Waals surface area contributed by atoms with Gasteiger partial charge < -0.3 is 19.9 Å². The van der Waals surface area contributed by atoms with Crippen molar-refractivity contribution in [1.82, 2.24) is 19.9 Å². The fraction of sp³-hybridized carbons (Fsp3) is 0.786. The van der Waals surface area contributed by atoms with E-state index in [9.17, 15) is 0 Å². The lowest BCUT2D eigenvalue weighted by Gasteiger charge is -2.16. The average molecular weight is 294 g/mol. The highest BCUT2D eigenvalue weighted by molar-refractivity contribution is 5.36. The van der Waals surface area contributed by atoms with Gasteiger partial charge in [0, 0.05) is 33.2 Å². The van der Waals surface area contributed by atoms with Gasteiger partial charge in [-0.25, -0.2) is 0 Å². The van der Waals surface area contributed by atoms with Crippen molar-refractivity contribution in [2.24, 2.45) is 0 Å². The van der Waals surface area contributed by atoms with E-state index < -0.39 is 0 Å². The summed E-state index contributed by atoms with van der Waals surface area (Å²) in [6.45, 7) is 4.43. The second-order valence-corrected chi connectivity index (χ2v) is 5.62. The van der Waals surface area contributed by atoms with E-state index in [1.165, 1.54) is 12.8 Å². The summed E-state index contributed by atoms with van der Waals surface area (Å²) in [5.41, 5.74) is 0. The van der Waals surface area contributed by atoms with E-state index in [2.05, 4.69) is 39.1 Å². The van der Waals surface area contributed by atoms with Crippen LogP contribution in [0.4, 0.5) is 11.9 Å². The molecule has 7 heteroatoms. The topological polar surface area (TPSA) is 66.4 Å². The molecule has 2 rings (SSSR count). The van der Waals surface area contributed by atoms with Crippen LogP contribution >= 0.6 is 0 Å². The van der Waals surface area contributed by atoms with Gasteiger partial charge in [-0.05, 0) is 26.3 Å². The third-order valence-corrected chi connectivity index (χ3v) is 3.38. The van der Waals surface area contributed by atoms with E-state index in [0.717, 1.165) is 25.6 Å². The summed E-state index contributed by atoms with van der Waals surface area (Å²) >= 11 is 0. The molecule has 21 heavy (non-hydrogen) atoms. The largest absolute Gasteiger partial charge is 0.462 e. The van der Waals surface area contributed by atoms with Crippen molar-refractivity contribution in [3.63, 3.8) is 0 Å². The minimum atomic E-state index is 0.386. The molecule has 0 spiro atoms. The number of anilines is 2. The third-order valence-electron chi connectivity index (χ3n) is 3.38. The number of nitrogens with one attached hydrogen (secondary N) is 1. The van der Waals surface area contributed by atoms with Crippen LogP contribution in [0.2, 0.25) is 0 Å². The predicted molar refractivity (Wildman–Crippen MR) is 84.1 cm³/mol. The molecule has 7 nitrogen and oxygen atoms in total. The van der Waals surface area contributed by atoms with Crippen molar-refractivity contribution < 1.29 is 4.74 Å². The Morgan fingerprint density at radius 2 is 1.95 bits per heavy atom. The smallest absolute Gasteiger partial charge is 0.323 e. The highest BCUT2D eigenvalue weighted by atomic mass is 16.5. The molecule has 1 N–H and O–H groups in total. The van der Waals surface area contributed by atoms with Crippen LogP contribution in [0.25, 0.3) is 0 Å². The Hall–Kier alpha value is -1.63. The maximum Gasteiger partial charge on any atom is 0.323 e. The highest BCUT2D eigenvalue weighted by Gasteiger charge is 2.25. The van der Waals surface area contributed by atoms with Crippen LogP contribution in [-0.2, 0) is 0 Å². The van der Waals surface area contributed by atoms with Crippen molar-refractivity contribution in [2.45, 2.75) is 32.2 Å². The Balaban J connectivity index is 1.93.